The third-order valence-electron chi connectivity index (χ3n) is 3.95. The molecule has 2 N–H and O–H groups in total. The standard InChI is InChI=1S/C15H20N2O4/c1-10-11(14(19)20)5-6-12(16-10)13(18)17(2)9-15(21)7-3-4-8-15/h5-6,21H,3-4,7-9H2,1-2H3,(H,19,20). The Kier molecular flexibility index (Phi) is 4.27. The number of carbonyl (C=O) groups is 2. The molecule has 0 atom stereocenters. The molecule has 1 fully saturated rings. The number of hydrogen-bond acceptors (Lipinski definition) is 4. The van der Waals surface area contributed by atoms with Crippen LogP contribution in [0.25, 0.3) is 0 Å². The normalized spacial score (nSPS) is 16.7. The average molecular weight is 292 g/mol. The number of pyridine rings is 1. The van der Waals surface area contributed by atoms with E-state index in [9.17, 15) is 14.7 Å². The van der Waals surface area contributed by atoms with Crippen LogP contribution in [0, 0.1) is 6.92 Å². The Balaban J connectivity index is 2.12. The monoisotopic (exact) mass is 292 g/mol. The molecule has 0 radical (unpaired) electrons. The highest BCUT2D eigenvalue weighted by Crippen LogP contribution is 2.30. The molecule has 2 rings (SSSR count). The molecule has 0 unspecified atom stereocenters. The zero-order chi connectivity index (χ0) is 15.6. The molecule has 1 saturated carbocycles. The van der Waals surface area contributed by atoms with Crippen LogP contribution in [0.15, 0.2) is 12.1 Å². The van der Waals surface area contributed by atoms with Gasteiger partial charge in [0.25, 0.3) is 5.91 Å². The Labute approximate surface area is 123 Å². The lowest BCUT2D eigenvalue weighted by atomic mass is 10.0. The van der Waals surface area contributed by atoms with Crippen LogP contribution in [-0.4, -0.2) is 51.2 Å². The number of aryl methyl sites for hydroxylation is 1. The van der Waals surface area contributed by atoms with Gasteiger partial charge in [-0.2, -0.15) is 0 Å². The Morgan fingerprint density at radius 1 is 1.33 bits per heavy atom. The van der Waals surface area contributed by atoms with Crippen molar-refractivity contribution in [3.8, 4) is 0 Å². The average Bonchev–Trinajstić information content (AvgIpc) is 2.83. The molecule has 6 heteroatoms. The first kappa shape index (κ1) is 15.4. The number of aliphatic hydroxyl groups is 1. The largest absolute Gasteiger partial charge is 0.478 e. The highest BCUT2D eigenvalue weighted by atomic mass is 16.4. The molecule has 0 saturated heterocycles. The van der Waals surface area contributed by atoms with Crippen LogP contribution in [0.5, 0.6) is 0 Å². The summed E-state index contributed by atoms with van der Waals surface area (Å²) in [6.07, 6.45) is 3.36. The van der Waals surface area contributed by atoms with Crippen LogP contribution in [0.4, 0.5) is 0 Å². The zero-order valence-corrected chi connectivity index (χ0v) is 12.3. The summed E-state index contributed by atoms with van der Waals surface area (Å²) in [5.74, 6) is -1.37. The SMILES string of the molecule is Cc1nc(C(=O)N(C)CC2(O)CCCC2)ccc1C(=O)O. The molecule has 1 heterocycles. The summed E-state index contributed by atoms with van der Waals surface area (Å²) in [4.78, 5) is 28.8. The molecule has 0 aromatic carbocycles. The number of carboxylic acid groups (broad SMARTS) is 1. The first-order valence-corrected chi connectivity index (χ1v) is 7.01. The van der Waals surface area contributed by atoms with Gasteiger partial charge in [-0.05, 0) is 31.9 Å². The summed E-state index contributed by atoms with van der Waals surface area (Å²) < 4.78 is 0. The number of likely N-dealkylation sites (N-methyl/N-ethyl adjacent to an activating group) is 1. The van der Waals surface area contributed by atoms with E-state index in [2.05, 4.69) is 4.98 Å². The summed E-state index contributed by atoms with van der Waals surface area (Å²) in [7, 11) is 1.63. The molecular formula is C15H20N2O4. The fourth-order valence-electron chi connectivity index (χ4n) is 2.81. The van der Waals surface area contributed by atoms with Crippen molar-refractivity contribution in [3.05, 3.63) is 29.1 Å². The lowest BCUT2D eigenvalue weighted by molar-refractivity contribution is 0.0155. The lowest BCUT2D eigenvalue weighted by Gasteiger charge is -2.28. The van der Waals surface area contributed by atoms with Gasteiger partial charge in [0.1, 0.15) is 5.69 Å². The van der Waals surface area contributed by atoms with Crippen molar-refractivity contribution in [2.45, 2.75) is 38.2 Å². The van der Waals surface area contributed by atoms with Crippen LogP contribution in [0.3, 0.4) is 0 Å². The van der Waals surface area contributed by atoms with E-state index < -0.39 is 11.6 Å². The summed E-state index contributed by atoms with van der Waals surface area (Å²) in [6.45, 7) is 1.83. The first-order chi connectivity index (χ1) is 9.82. The van der Waals surface area contributed by atoms with E-state index in [1.54, 1.807) is 14.0 Å². The van der Waals surface area contributed by atoms with Gasteiger partial charge in [0.2, 0.25) is 0 Å². The van der Waals surface area contributed by atoms with Crippen molar-refractivity contribution in [1.29, 1.82) is 0 Å². The Bertz CT molecular complexity index is 565. The number of hydrogen-bond donors (Lipinski definition) is 2. The molecule has 114 valence electrons. The second-order valence-corrected chi connectivity index (χ2v) is 5.73. The third kappa shape index (κ3) is 3.39. The number of aromatic nitrogens is 1. The Morgan fingerprint density at radius 2 is 1.95 bits per heavy atom. The molecule has 1 aromatic rings. The molecular weight excluding hydrogens is 272 g/mol. The van der Waals surface area contributed by atoms with Crippen molar-refractivity contribution in [1.82, 2.24) is 9.88 Å². The first-order valence-electron chi connectivity index (χ1n) is 7.01. The van der Waals surface area contributed by atoms with Crippen LogP contribution in [0.1, 0.15) is 52.2 Å². The smallest absolute Gasteiger partial charge is 0.337 e. The quantitative estimate of drug-likeness (QED) is 0.877. The van der Waals surface area contributed by atoms with Crippen LogP contribution in [-0.2, 0) is 0 Å². The molecule has 0 aliphatic heterocycles. The number of carbonyl (C=O) groups excluding carboxylic acids is 1. The summed E-state index contributed by atoms with van der Waals surface area (Å²) in [5.41, 5.74) is -0.216. The van der Waals surface area contributed by atoms with Crippen LogP contribution in [0.2, 0.25) is 0 Å². The number of aromatic carboxylic acids is 1. The van der Waals surface area contributed by atoms with E-state index in [4.69, 9.17) is 5.11 Å². The van der Waals surface area contributed by atoms with Gasteiger partial charge < -0.3 is 15.1 Å². The van der Waals surface area contributed by atoms with E-state index in [0.717, 1.165) is 12.8 Å². The second kappa shape index (κ2) is 5.81. The zero-order valence-electron chi connectivity index (χ0n) is 12.3. The van der Waals surface area contributed by atoms with Gasteiger partial charge in [-0.1, -0.05) is 12.8 Å². The maximum atomic E-state index is 12.3. The summed E-state index contributed by atoms with van der Waals surface area (Å²) in [5, 5.41) is 19.3. The highest BCUT2D eigenvalue weighted by molar-refractivity contribution is 5.94. The molecule has 1 aliphatic rings. The van der Waals surface area contributed by atoms with Gasteiger partial charge in [0, 0.05) is 13.6 Å². The predicted octanol–water partition coefficient (Wildman–Crippen LogP) is 1.47. The molecule has 1 aliphatic carbocycles. The van der Waals surface area contributed by atoms with Crippen molar-refractivity contribution < 1.29 is 19.8 Å². The second-order valence-electron chi connectivity index (χ2n) is 5.73. The summed E-state index contributed by atoms with van der Waals surface area (Å²) in [6, 6.07) is 2.80. The van der Waals surface area contributed by atoms with E-state index in [1.165, 1.54) is 17.0 Å². The molecule has 0 spiro atoms. The predicted molar refractivity (Wildman–Crippen MR) is 76.3 cm³/mol. The fourth-order valence-corrected chi connectivity index (χ4v) is 2.81. The lowest BCUT2D eigenvalue weighted by Crippen LogP contribution is -2.42. The molecule has 1 amide bonds. The van der Waals surface area contributed by atoms with Crippen LogP contribution >= 0.6 is 0 Å². The Morgan fingerprint density at radius 3 is 2.48 bits per heavy atom. The molecule has 6 nitrogen and oxygen atoms in total. The minimum absolute atomic E-state index is 0.0867. The topological polar surface area (TPSA) is 90.7 Å². The van der Waals surface area contributed by atoms with Gasteiger partial charge >= 0.3 is 5.97 Å². The van der Waals surface area contributed by atoms with E-state index in [-0.39, 0.29) is 23.7 Å². The van der Waals surface area contributed by atoms with Gasteiger partial charge in [0.15, 0.2) is 0 Å². The highest BCUT2D eigenvalue weighted by Gasteiger charge is 2.33. The van der Waals surface area contributed by atoms with Gasteiger partial charge in [0.05, 0.1) is 16.9 Å². The molecule has 1 aromatic heterocycles. The van der Waals surface area contributed by atoms with Gasteiger partial charge in [-0.15, -0.1) is 0 Å². The van der Waals surface area contributed by atoms with Crippen molar-refractivity contribution in [3.63, 3.8) is 0 Å². The fraction of sp³-hybridized carbons (Fsp3) is 0.533. The van der Waals surface area contributed by atoms with E-state index >= 15 is 0 Å². The minimum atomic E-state index is -1.06. The van der Waals surface area contributed by atoms with Crippen molar-refractivity contribution in [2.75, 3.05) is 13.6 Å². The third-order valence-corrected chi connectivity index (χ3v) is 3.95. The number of rotatable bonds is 4. The maximum Gasteiger partial charge on any atom is 0.337 e. The number of carboxylic acids is 1. The molecule has 21 heavy (non-hydrogen) atoms. The molecule has 0 bridgehead atoms. The van der Waals surface area contributed by atoms with Crippen molar-refractivity contribution in [2.24, 2.45) is 0 Å². The van der Waals surface area contributed by atoms with Gasteiger partial charge in [-0.3, -0.25) is 4.79 Å². The van der Waals surface area contributed by atoms with E-state index in [1.807, 2.05) is 0 Å². The Hall–Kier alpha value is -1.95. The van der Waals surface area contributed by atoms with E-state index in [0.29, 0.717) is 18.5 Å². The number of amides is 1. The summed E-state index contributed by atoms with van der Waals surface area (Å²) >= 11 is 0. The number of nitrogens with zero attached hydrogens (tertiary/aromatic N) is 2. The van der Waals surface area contributed by atoms with Gasteiger partial charge in [-0.25, -0.2) is 9.78 Å². The van der Waals surface area contributed by atoms with Crippen LogP contribution < -0.4 is 0 Å². The minimum Gasteiger partial charge on any atom is -0.478 e. The maximum absolute atomic E-state index is 12.3. The van der Waals surface area contributed by atoms with Crippen molar-refractivity contribution >= 4 is 11.9 Å².